The third-order valence-corrected chi connectivity index (χ3v) is 9.82. The molecule has 2 aliphatic heterocycles. The van der Waals surface area contributed by atoms with E-state index in [0.29, 0.717) is 25.2 Å². The molecule has 5 aliphatic rings. The van der Waals surface area contributed by atoms with Crippen LogP contribution in [0.4, 0.5) is 5.69 Å². The minimum absolute atomic E-state index is 0.00172. The van der Waals surface area contributed by atoms with Crippen LogP contribution in [0.15, 0.2) is 36.4 Å². The molecule has 36 heavy (non-hydrogen) atoms. The molecule has 6 atom stereocenters. The maximum atomic E-state index is 6.90. The Morgan fingerprint density at radius 3 is 2.83 bits per heavy atom. The molecule has 0 amide bonds. The van der Waals surface area contributed by atoms with E-state index in [1.807, 2.05) is 25.3 Å². The molecule has 2 aromatic rings. The van der Waals surface area contributed by atoms with Gasteiger partial charge in [0.25, 0.3) is 0 Å². The summed E-state index contributed by atoms with van der Waals surface area (Å²) >= 11 is 0. The third kappa shape index (κ3) is 3.41. The van der Waals surface area contributed by atoms with Crippen LogP contribution in [0.1, 0.15) is 42.4 Å². The van der Waals surface area contributed by atoms with E-state index in [0.717, 1.165) is 54.5 Å². The molecule has 0 aromatic heterocycles. The van der Waals surface area contributed by atoms with Crippen LogP contribution in [0.2, 0.25) is 0 Å². The standard InChI is InChI=1S/C30H38N2O4/c1-33-25-9-8-20-14-24-23-13-21(17-35-16-19-4-3-5-22(31)12-19)27(34-2)29-30(23,26(20)28(25)36-29)10-11-32(24)15-18-6-7-18/h3-5,8-9,12,18,21,23-24,27,29H,6-7,10-11,13-17,31H2,1-2H3. The summed E-state index contributed by atoms with van der Waals surface area (Å²) in [6.45, 7) is 3.64. The van der Waals surface area contributed by atoms with Crippen molar-refractivity contribution >= 4 is 5.69 Å². The molecular weight excluding hydrogens is 452 g/mol. The van der Waals surface area contributed by atoms with E-state index in [-0.39, 0.29) is 23.5 Å². The van der Waals surface area contributed by atoms with Gasteiger partial charge in [-0.15, -0.1) is 0 Å². The summed E-state index contributed by atoms with van der Waals surface area (Å²) in [6, 6.07) is 12.9. The minimum Gasteiger partial charge on any atom is -0.493 e. The molecule has 6 nitrogen and oxygen atoms in total. The zero-order valence-electron chi connectivity index (χ0n) is 21.4. The highest BCUT2D eigenvalue weighted by Gasteiger charge is 2.67. The number of ether oxygens (including phenoxy) is 4. The van der Waals surface area contributed by atoms with Gasteiger partial charge in [0.1, 0.15) is 6.10 Å². The summed E-state index contributed by atoms with van der Waals surface area (Å²) < 4.78 is 25.3. The summed E-state index contributed by atoms with van der Waals surface area (Å²) in [5, 5.41) is 0. The highest BCUT2D eigenvalue weighted by Crippen LogP contribution is 2.65. The van der Waals surface area contributed by atoms with Crippen molar-refractivity contribution in [3.63, 3.8) is 0 Å². The lowest BCUT2D eigenvalue weighted by Gasteiger charge is -2.61. The van der Waals surface area contributed by atoms with Crippen molar-refractivity contribution in [1.29, 1.82) is 0 Å². The summed E-state index contributed by atoms with van der Waals surface area (Å²) in [5.74, 6) is 3.56. The average molecular weight is 491 g/mol. The van der Waals surface area contributed by atoms with Crippen molar-refractivity contribution in [2.45, 2.75) is 62.4 Å². The first-order chi connectivity index (χ1) is 17.6. The lowest BCUT2D eigenvalue weighted by Crippen LogP contribution is -2.69. The number of benzene rings is 2. The number of nitrogens with two attached hydrogens (primary N) is 1. The molecule has 3 aliphatic carbocycles. The van der Waals surface area contributed by atoms with Crippen LogP contribution < -0.4 is 15.2 Å². The zero-order chi connectivity index (χ0) is 24.4. The lowest BCUT2D eigenvalue weighted by molar-refractivity contribution is -0.154. The second kappa shape index (κ2) is 8.64. The van der Waals surface area contributed by atoms with Gasteiger partial charge in [-0.3, -0.25) is 4.90 Å². The molecule has 6 heteroatoms. The number of piperidine rings is 1. The van der Waals surface area contributed by atoms with Gasteiger partial charge in [0, 0.05) is 42.3 Å². The smallest absolute Gasteiger partial charge is 0.165 e. The summed E-state index contributed by atoms with van der Waals surface area (Å²) in [6.07, 6.45) is 6.13. The number of anilines is 1. The van der Waals surface area contributed by atoms with Crippen LogP contribution in [0.5, 0.6) is 11.5 Å². The van der Waals surface area contributed by atoms with Gasteiger partial charge in [0.15, 0.2) is 11.5 Å². The molecule has 3 fully saturated rings. The Balaban J connectivity index is 1.22. The maximum absolute atomic E-state index is 6.90. The Hall–Kier alpha value is -2.28. The first kappa shape index (κ1) is 22.9. The second-order valence-electron chi connectivity index (χ2n) is 11.7. The fourth-order valence-electron chi connectivity index (χ4n) is 8.16. The lowest BCUT2D eigenvalue weighted by atomic mass is 9.49. The topological polar surface area (TPSA) is 66.2 Å². The van der Waals surface area contributed by atoms with Crippen LogP contribution in [0, 0.1) is 17.8 Å². The van der Waals surface area contributed by atoms with Gasteiger partial charge in [-0.25, -0.2) is 0 Å². The molecule has 2 N–H and O–H groups in total. The molecule has 1 saturated heterocycles. The molecule has 2 saturated carbocycles. The minimum atomic E-state index is -0.0132. The molecule has 2 bridgehead atoms. The van der Waals surface area contributed by atoms with E-state index in [9.17, 15) is 0 Å². The van der Waals surface area contributed by atoms with Crippen LogP contribution in [0.25, 0.3) is 0 Å². The van der Waals surface area contributed by atoms with E-state index < -0.39 is 0 Å². The van der Waals surface area contributed by atoms with Gasteiger partial charge in [0.2, 0.25) is 0 Å². The van der Waals surface area contributed by atoms with Crippen molar-refractivity contribution in [2.75, 3.05) is 39.6 Å². The number of rotatable bonds is 8. The number of methoxy groups -OCH3 is 2. The Morgan fingerprint density at radius 1 is 1.17 bits per heavy atom. The van der Waals surface area contributed by atoms with E-state index in [2.05, 4.69) is 23.1 Å². The van der Waals surface area contributed by atoms with Crippen LogP contribution >= 0.6 is 0 Å². The molecule has 6 unspecified atom stereocenters. The zero-order valence-corrected chi connectivity index (χ0v) is 21.4. The highest BCUT2D eigenvalue weighted by atomic mass is 16.6. The van der Waals surface area contributed by atoms with Gasteiger partial charge >= 0.3 is 0 Å². The van der Waals surface area contributed by atoms with E-state index in [1.54, 1.807) is 7.11 Å². The van der Waals surface area contributed by atoms with Gasteiger partial charge < -0.3 is 24.7 Å². The maximum Gasteiger partial charge on any atom is 0.165 e. The van der Waals surface area contributed by atoms with Crippen molar-refractivity contribution < 1.29 is 18.9 Å². The van der Waals surface area contributed by atoms with Crippen LogP contribution in [0.3, 0.4) is 0 Å². The van der Waals surface area contributed by atoms with Crippen molar-refractivity contribution in [2.24, 2.45) is 17.8 Å². The van der Waals surface area contributed by atoms with Crippen molar-refractivity contribution in [1.82, 2.24) is 4.90 Å². The molecule has 192 valence electrons. The second-order valence-corrected chi connectivity index (χ2v) is 11.7. The highest BCUT2D eigenvalue weighted by molar-refractivity contribution is 5.61. The van der Waals surface area contributed by atoms with E-state index >= 15 is 0 Å². The van der Waals surface area contributed by atoms with Crippen molar-refractivity contribution in [3.05, 3.63) is 53.1 Å². The number of nitrogen functional groups attached to an aromatic ring is 1. The van der Waals surface area contributed by atoms with Crippen LogP contribution in [-0.2, 0) is 27.9 Å². The number of likely N-dealkylation sites (tertiary alicyclic amines) is 1. The number of hydrogen-bond donors (Lipinski definition) is 1. The molecule has 7 rings (SSSR count). The molecular formula is C30H38N2O4. The molecule has 0 radical (unpaired) electrons. The average Bonchev–Trinajstić information content (AvgIpc) is 3.63. The number of hydrogen-bond acceptors (Lipinski definition) is 6. The van der Waals surface area contributed by atoms with Gasteiger partial charge in [-0.05, 0) is 79.8 Å². The first-order valence-corrected chi connectivity index (χ1v) is 13.7. The predicted molar refractivity (Wildman–Crippen MR) is 138 cm³/mol. The molecule has 2 heterocycles. The van der Waals surface area contributed by atoms with Crippen LogP contribution in [-0.4, -0.2) is 57.1 Å². The van der Waals surface area contributed by atoms with E-state index in [4.69, 9.17) is 24.7 Å². The summed E-state index contributed by atoms with van der Waals surface area (Å²) in [5.41, 5.74) is 10.8. The Morgan fingerprint density at radius 2 is 2.06 bits per heavy atom. The Labute approximate surface area is 214 Å². The van der Waals surface area contributed by atoms with E-state index in [1.165, 1.54) is 30.5 Å². The summed E-state index contributed by atoms with van der Waals surface area (Å²) in [4.78, 5) is 2.83. The SMILES string of the molecule is COc1ccc2c3c1OC1C(OC)C(COCc4cccc(N)c4)CC4C(C2)N(CC2CC2)CCC341. The number of nitrogens with zero attached hydrogens (tertiary/aromatic N) is 1. The quantitative estimate of drug-likeness (QED) is 0.560. The van der Waals surface area contributed by atoms with Gasteiger partial charge in [-0.1, -0.05) is 18.2 Å². The van der Waals surface area contributed by atoms with Crippen molar-refractivity contribution in [3.8, 4) is 11.5 Å². The predicted octanol–water partition coefficient (Wildman–Crippen LogP) is 4.18. The molecule has 2 aromatic carbocycles. The van der Waals surface area contributed by atoms with Gasteiger partial charge in [-0.2, -0.15) is 0 Å². The summed E-state index contributed by atoms with van der Waals surface area (Å²) in [7, 11) is 3.60. The normalized spacial score (nSPS) is 34.2. The largest absolute Gasteiger partial charge is 0.493 e. The first-order valence-electron chi connectivity index (χ1n) is 13.7. The third-order valence-electron chi connectivity index (χ3n) is 9.82. The Kier molecular flexibility index (Phi) is 5.49. The van der Waals surface area contributed by atoms with Gasteiger partial charge in [0.05, 0.1) is 26.4 Å². The monoisotopic (exact) mass is 490 g/mol. The fraction of sp³-hybridized carbons (Fsp3) is 0.600. The molecule has 1 spiro atoms. The fourth-order valence-corrected chi connectivity index (χ4v) is 8.16. The Bertz CT molecular complexity index is 1150.